The van der Waals surface area contributed by atoms with Crippen LogP contribution in [0.15, 0.2) is 12.2 Å². The molecule has 0 saturated carbocycles. The summed E-state index contributed by atoms with van der Waals surface area (Å²) in [5, 5.41) is 0. The summed E-state index contributed by atoms with van der Waals surface area (Å²) in [5.41, 5.74) is 1.31. The van der Waals surface area contributed by atoms with Crippen molar-refractivity contribution in [3.63, 3.8) is 0 Å². The van der Waals surface area contributed by atoms with Crippen LogP contribution >= 0.6 is 0 Å². The number of rotatable bonds is 2. The lowest BCUT2D eigenvalue weighted by atomic mass is 9.85. The Morgan fingerprint density at radius 3 is 1.90 bits per heavy atom. The molecular weight excluding hydrogens is 124 g/mol. The monoisotopic (exact) mass is 142 g/mol. The quantitative estimate of drug-likeness (QED) is 0.538. The van der Waals surface area contributed by atoms with Crippen LogP contribution in [0.25, 0.3) is 0 Å². The minimum Gasteiger partial charge on any atom is -0.377 e. The van der Waals surface area contributed by atoms with Gasteiger partial charge in [0.2, 0.25) is 0 Å². The molecule has 0 fully saturated rings. The van der Waals surface area contributed by atoms with E-state index in [9.17, 15) is 0 Å². The highest BCUT2D eigenvalue weighted by Gasteiger charge is 2.19. The summed E-state index contributed by atoms with van der Waals surface area (Å²) in [6, 6.07) is 0. The summed E-state index contributed by atoms with van der Waals surface area (Å²) in [5.74, 6) is 0. The Hall–Kier alpha value is -0.300. The first-order chi connectivity index (χ1) is 4.39. The Bertz CT molecular complexity index is 119. The van der Waals surface area contributed by atoms with Crippen molar-refractivity contribution in [1.29, 1.82) is 0 Å². The van der Waals surface area contributed by atoms with Gasteiger partial charge in [0.1, 0.15) is 0 Å². The van der Waals surface area contributed by atoms with Crippen molar-refractivity contribution in [3.8, 4) is 0 Å². The number of methoxy groups -OCH3 is 1. The van der Waals surface area contributed by atoms with E-state index in [1.807, 2.05) is 6.92 Å². The lowest BCUT2D eigenvalue weighted by Gasteiger charge is -2.25. The minimum absolute atomic E-state index is 0.162. The summed E-state index contributed by atoms with van der Waals surface area (Å²) >= 11 is 0. The fourth-order valence-corrected chi connectivity index (χ4v) is 0.752. The molecular formula is C9H18O. The molecule has 0 rings (SSSR count). The molecule has 0 aromatic carbocycles. The Labute approximate surface area is 64.1 Å². The fraction of sp³-hybridized carbons (Fsp3) is 0.778. The van der Waals surface area contributed by atoms with Crippen molar-refractivity contribution in [3.05, 3.63) is 12.2 Å². The molecule has 0 aliphatic rings. The van der Waals surface area contributed by atoms with Gasteiger partial charge < -0.3 is 4.74 Å². The van der Waals surface area contributed by atoms with Crippen LogP contribution in [0.3, 0.4) is 0 Å². The molecule has 1 heteroatoms. The van der Waals surface area contributed by atoms with Gasteiger partial charge >= 0.3 is 0 Å². The van der Waals surface area contributed by atoms with E-state index in [2.05, 4.69) is 27.4 Å². The molecule has 10 heavy (non-hydrogen) atoms. The summed E-state index contributed by atoms with van der Waals surface area (Å²) in [4.78, 5) is 0. The van der Waals surface area contributed by atoms with E-state index in [0.29, 0.717) is 0 Å². The lowest BCUT2D eigenvalue weighted by molar-refractivity contribution is 0.130. The molecule has 0 saturated heterocycles. The average molecular weight is 142 g/mol. The van der Waals surface area contributed by atoms with Crippen LogP contribution in [0, 0.1) is 5.41 Å². The third-order valence-electron chi connectivity index (χ3n) is 1.81. The molecule has 0 heterocycles. The van der Waals surface area contributed by atoms with Gasteiger partial charge in [-0.15, -0.1) is 0 Å². The van der Waals surface area contributed by atoms with Crippen molar-refractivity contribution in [2.24, 2.45) is 5.41 Å². The first-order valence-corrected chi connectivity index (χ1v) is 3.61. The molecule has 0 bridgehead atoms. The van der Waals surface area contributed by atoms with Gasteiger partial charge in [-0.25, -0.2) is 0 Å². The first kappa shape index (κ1) is 9.70. The molecule has 1 unspecified atom stereocenters. The van der Waals surface area contributed by atoms with Crippen molar-refractivity contribution in [2.75, 3.05) is 7.11 Å². The molecule has 60 valence electrons. The van der Waals surface area contributed by atoms with Crippen LogP contribution in [-0.4, -0.2) is 13.2 Å². The largest absolute Gasteiger partial charge is 0.377 e. The summed E-state index contributed by atoms with van der Waals surface area (Å²) in [6.45, 7) is 12.4. The van der Waals surface area contributed by atoms with Crippen molar-refractivity contribution < 1.29 is 4.74 Å². The molecule has 0 aromatic rings. The lowest BCUT2D eigenvalue weighted by Crippen LogP contribution is -2.20. The van der Waals surface area contributed by atoms with Gasteiger partial charge in [0.05, 0.1) is 6.10 Å². The molecule has 0 spiro atoms. The SMILES string of the molecule is C=C(C(C)OC)C(C)(C)C. The Kier molecular flexibility index (Phi) is 3.10. The maximum absolute atomic E-state index is 5.14. The topological polar surface area (TPSA) is 9.23 Å². The molecule has 1 atom stereocenters. The van der Waals surface area contributed by atoms with Gasteiger partial charge in [-0.3, -0.25) is 0 Å². The predicted molar refractivity (Wildman–Crippen MR) is 45.1 cm³/mol. The third kappa shape index (κ3) is 2.53. The van der Waals surface area contributed by atoms with Crippen molar-refractivity contribution in [2.45, 2.75) is 33.8 Å². The van der Waals surface area contributed by atoms with Gasteiger partial charge in [0.25, 0.3) is 0 Å². The number of ether oxygens (including phenoxy) is 1. The molecule has 1 nitrogen and oxygen atoms in total. The number of hydrogen-bond donors (Lipinski definition) is 0. The predicted octanol–water partition coefficient (Wildman–Crippen LogP) is 2.62. The van der Waals surface area contributed by atoms with Crippen LogP contribution in [-0.2, 0) is 4.74 Å². The van der Waals surface area contributed by atoms with Crippen LogP contribution in [0.5, 0.6) is 0 Å². The molecule has 0 N–H and O–H groups in total. The van der Waals surface area contributed by atoms with E-state index in [1.54, 1.807) is 7.11 Å². The first-order valence-electron chi connectivity index (χ1n) is 3.61. The van der Waals surface area contributed by atoms with Gasteiger partial charge in [-0.1, -0.05) is 27.4 Å². The van der Waals surface area contributed by atoms with Crippen LogP contribution in [0.1, 0.15) is 27.7 Å². The normalized spacial score (nSPS) is 14.9. The zero-order valence-electron chi connectivity index (χ0n) is 7.69. The molecule has 0 aromatic heterocycles. The van der Waals surface area contributed by atoms with Gasteiger partial charge in [0.15, 0.2) is 0 Å². The zero-order chi connectivity index (χ0) is 8.36. The highest BCUT2D eigenvalue weighted by Crippen LogP contribution is 2.26. The Morgan fingerprint density at radius 2 is 1.80 bits per heavy atom. The number of hydrogen-bond acceptors (Lipinski definition) is 1. The summed E-state index contributed by atoms with van der Waals surface area (Å²) in [7, 11) is 1.71. The van der Waals surface area contributed by atoms with Gasteiger partial charge in [-0.05, 0) is 17.9 Å². The second-order valence-electron chi connectivity index (χ2n) is 3.65. The van der Waals surface area contributed by atoms with Crippen LogP contribution < -0.4 is 0 Å². The maximum atomic E-state index is 5.14. The maximum Gasteiger partial charge on any atom is 0.0755 e. The molecule has 0 aliphatic heterocycles. The second kappa shape index (κ2) is 3.20. The Balaban J connectivity index is 4.09. The van der Waals surface area contributed by atoms with Crippen molar-refractivity contribution >= 4 is 0 Å². The zero-order valence-corrected chi connectivity index (χ0v) is 7.69. The van der Waals surface area contributed by atoms with E-state index in [0.717, 1.165) is 5.57 Å². The summed E-state index contributed by atoms with van der Waals surface area (Å²) < 4.78 is 5.14. The molecule has 0 radical (unpaired) electrons. The van der Waals surface area contributed by atoms with E-state index in [-0.39, 0.29) is 11.5 Å². The van der Waals surface area contributed by atoms with Gasteiger partial charge in [-0.2, -0.15) is 0 Å². The summed E-state index contributed by atoms with van der Waals surface area (Å²) in [6.07, 6.45) is 0.167. The standard InChI is InChI=1S/C9H18O/c1-7(8(2)10-6)9(3,4)5/h8H,1H2,2-6H3. The Morgan fingerprint density at radius 1 is 1.40 bits per heavy atom. The highest BCUT2D eigenvalue weighted by atomic mass is 16.5. The average Bonchev–Trinajstić information content (AvgIpc) is 1.83. The molecule has 0 amide bonds. The fourth-order valence-electron chi connectivity index (χ4n) is 0.752. The van der Waals surface area contributed by atoms with E-state index >= 15 is 0 Å². The van der Waals surface area contributed by atoms with E-state index in [4.69, 9.17) is 4.74 Å². The van der Waals surface area contributed by atoms with E-state index in [1.165, 1.54) is 0 Å². The van der Waals surface area contributed by atoms with E-state index < -0.39 is 0 Å². The minimum atomic E-state index is 0.162. The van der Waals surface area contributed by atoms with Crippen LogP contribution in [0.2, 0.25) is 0 Å². The third-order valence-corrected chi connectivity index (χ3v) is 1.81. The van der Waals surface area contributed by atoms with Crippen molar-refractivity contribution in [1.82, 2.24) is 0 Å². The van der Waals surface area contributed by atoms with Crippen LogP contribution in [0.4, 0.5) is 0 Å². The molecule has 0 aliphatic carbocycles. The smallest absolute Gasteiger partial charge is 0.0755 e. The second-order valence-corrected chi connectivity index (χ2v) is 3.65. The van der Waals surface area contributed by atoms with Gasteiger partial charge in [0, 0.05) is 7.11 Å². The highest BCUT2D eigenvalue weighted by molar-refractivity contribution is 5.09.